The van der Waals surface area contributed by atoms with Gasteiger partial charge in [-0.05, 0) is 57.9 Å². The van der Waals surface area contributed by atoms with Crippen LogP contribution in [0.4, 0.5) is 19.0 Å². The average Bonchev–Trinajstić information content (AvgIpc) is 2.73. The van der Waals surface area contributed by atoms with E-state index in [1.807, 2.05) is 0 Å². The zero-order chi connectivity index (χ0) is 24.9. The zero-order valence-electron chi connectivity index (χ0n) is 18.6. The second-order valence-electron chi connectivity index (χ2n) is 7.40. The van der Waals surface area contributed by atoms with E-state index in [9.17, 15) is 22.8 Å². The van der Waals surface area contributed by atoms with E-state index in [2.05, 4.69) is 25.6 Å². The Labute approximate surface area is 194 Å². The molecule has 2 rings (SSSR count). The molecule has 2 N–H and O–H groups in total. The molecule has 0 aromatic carbocycles. The van der Waals surface area contributed by atoms with Crippen molar-refractivity contribution >= 4 is 34.9 Å². The van der Waals surface area contributed by atoms with E-state index in [1.165, 1.54) is 26.2 Å². The molecule has 0 radical (unpaired) electrons. The van der Waals surface area contributed by atoms with Crippen molar-refractivity contribution in [2.24, 2.45) is 4.99 Å². The highest BCUT2D eigenvalue weighted by Gasteiger charge is 2.33. The molecule has 0 bridgehead atoms. The Morgan fingerprint density at radius 3 is 2.48 bits per heavy atom. The molecule has 7 nitrogen and oxygen atoms in total. The van der Waals surface area contributed by atoms with Crippen molar-refractivity contribution in [2.75, 3.05) is 5.32 Å². The van der Waals surface area contributed by atoms with Gasteiger partial charge in [-0.15, -0.1) is 0 Å². The van der Waals surface area contributed by atoms with Crippen LogP contribution in [0.15, 0.2) is 41.3 Å². The van der Waals surface area contributed by atoms with Gasteiger partial charge in [0.05, 0.1) is 16.6 Å². The molecule has 0 aliphatic heterocycles. The summed E-state index contributed by atoms with van der Waals surface area (Å²) in [6.45, 7) is 7.83. The fourth-order valence-electron chi connectivity index (χ4n) is 2.55. The van der Waals surface area contributed by atoms with Gasteiger partial charge in [0.2, 0.25) is 0 Å². The number of carbonyl (C=O) groups is 2. The number of hydrogen-bond donors (Lipinski definition) is 2. The number of carbonyl (C=O) groups excluding carboxylic acids is 2. The molecular weight excluding hydrogens is 459 g/mol. The predicted molar refractivity (Wildman–Crippen MR) is 120 cm³/mol. The minimum absolute atomic E-state index is 0.0498. The fraction of sp³-hybridized carbons (Fsp3) is 0.318. The molecule has 0 spiro atoms. The number of nitrogens with zero attached hydrogens (tertiary/aromatic N) is 3. The second kappa shape index (κ2) is 10.6. The Hall–Kier alpha value is -3.27. The molecule has 33 heavy (non-hydrogen) atoms. The van der Waals surface area contributed by atoms with Crippen LogP contribution in [0.1, 0.15) is 48.0 Å². The first-order chi connectivity index (χ1) is 15.3. The first kappa shape index (κ1) is 26.0. The Balaban J connectivity index is 2.07. The molecule has 1 atom stereocenters. The predicted octanol–water partition coefficient (Wildman–Crippen LogP) is 4.89. The molecule has 0 aliphatic rings. The number of aryl methyl sites for hydroxylation is 2. The third-order valence-corrected chi connectivity index (χ3v) is 5.22. The van der Waals surface area contributed by atoms with Gasteiger partial charge in [0.25, 0.3) is 11.8 Å². The molecule has 0 saturated carbocycles. The lowest BCUT2D eigenvalue weighted by Crippen LogP contribution is -2.38. The number of hydrogen-bond acceptors (Lipinski definition) is 5. The van der Waals surface area contributed by atoms with Crippen LogP contribution in [0.3, 0.4) is 0 Å². The number of nitrogens with one attached hydrogen (secondary N) is 2. The van der Waals surface area contributed by atoms with Gasteiger partial charge in [-0.2, -0.15) is 13.2 Å². The number of alkyl halides is 3. The standard InChI is InChI=1S/C22H23ClF3N5O2/c1-11-6-7-27-19(18(11)23)21(33)30-15(5)14(4)28-10-13(3)20(32)31-17-8-16(22(24,25)26)12(2)9-29-17/h6-10,15H,1-5H3,(H,30,33)(H,29,31,32)/b13-10+,28-14+. The maximum atomic E-state index is 13.0. The van der Waals surface area contributed by atoms with E-state index < -0.39 is 29.6 Å². The molecule has 176 valence electrons. The van der Waals surface area contributed by atoms with E-state index in [4.69, 9.17) is 11.6 Å². The maximum Gasteiger partial charge on any atom is 0.416 e. The van der Waals surface area contributed by atoms with Gasteiger partial charge in [-0.1, -0.05) is 11.6 Å². The summed E-state index contributed by atoms with van der Waals surface area (Å²) in [7, 11) is 0. The molecule has 2 aromatic rings. The largest absolute Gasteiger partial charge is 0.416 e. The quantitative estimate of drug-likeness (QED) is 0.453. The summed E-state index contributed by atoms with van der Waals surface area (Å²) in [6.07, 6.45) is -0.784. The van der Waals surface area contributed by atoms with Crippen molar-refractivity contribution < 1.29 is 22.8 Å². The molecular formula is C22H23ClF3N5O2. The normalized spacial score (nSPS) is 13.5. The van der Waals surface area contributed by atoms with Crippen LogP contribution in [0.5, 0.6) is 0 Å². The molecule has 0 aliphatic carbocycles. The molecule has 2 aromatic heterocycles. The topological polar surface area (TPSA) is 96.3 Å². The van der Waals surface area contributed by atoms with Crippen LogP contribution >= 0.6 is 11.6 Å². The Kier molecular flexibility index (Phi) is 8.32. The summed E-state index contributed by atoms with van der Waals surface area (Å²) in [4.78, 5) is 36.7. The van der Waals surface area contributed by atoms with E-state index >= 15 is 0 Å². The minimum Gasteiger partial charge on any atom is -0.343 e. The Bertz CT molecular complexity index is 1130. The monoisotopic (exact) mass is 481 g/mol. The van der Waals surface area contributed by atoms with Crippen LogP contribution in [0.2, 0.25) is 5.02 Å². The van der Waals surface area contributed by atoms with Crippen LogP contribution in [0.25, 0.3) is 0 Å². The lowest BCUT2D eigenvalue weighted by molar-refractivity contribution is -0.138. The SMILES string of the molecule is C/C(=C\N=C(/C)C(C)NC(=O)c1nccc(C)c1Cl)C(=O)Nc1cc(C(F)(F)F)c(C)cn1. The van der Waals surface area contributed by atoms with Gasteiger partial charge < -0.3 is 10.6 Å². The van der Waals surface area contributed by atoms with Crippen molar-refractivity contribution in [3.8, 4) is 0 Å². The summed E-state index contributed by atoms with van der Waals surface area (Å²) >= 11 is 6.12. The van der Waals surface area contributed by atoms with Crippen LogP contribution < -0.4 is 10.6 Å². The van der Waals surface area contributed by atoms with Crippen molar-refractivity contribution in [1.29, 1.82) is 0 Å². The third kappa shape index (κ3) is 6.85. The molecule has 0 saturated heterocycles. The van der Waals surface area contributed by atoms with Gasteiger partial charge in [0, 0.05) is 29.9 Å². The number of aromatic nitrogens is 2. The fourth-order valence-corrected chi connectivity index (χ4v) is 2.75. The maximum absolute atomic E-state index is 13.0. The van der Waals surface area contributed by atoms with E-state index in [-0.39, 0.29) is 27.7 Å². The Morgan fingerprint density at radius 2 is 1.85 bits per heavy atom. The van der Waals surface area contributed by atoms with Gasteiger partial charge in [-0.3, -0.25) is 14.6 Å². The molecule has 2 amide bonds. The average molecular weight is 482 g/mol. The smallest absolute Gasteiger partial charge is 0.343 e. The third-order valence-electron chi connectivity index (χ3n) is 4.74. The number of halogens is 4. The molecule has 2 heterocycles. The number of pyridine rings is 2. The lowest BCUT2D eigenvalue weighted by atomic mass is 10.1. The van der Waals surface area contributed by atoms with E-state index in [0.717, 1.165) is 12.3 Å². The van der Waals surface area contributed by atoms with Crippen molar-refractivity contribution in [1.82, 2.24) is 15.3 Å². The number of aliphatic imine (C=N–C) groups is 1. The summed E-state index contributed by atoms with van der Waals surface area (Å²) in [5, 5.41) is 5.29. The number of rotatable bonds is 6. The second-order valence-corrected chi connectivity index (χ2v) is 7.78. The summed E-state index contributed by atoms with van der Waals surface area (Å²) < 4.78 is 39.1. The summed E-state index contributed by atoms with van der Waals surface area (Å²) in [5.74, 6) is -1.37. The lowest BCUT2D eigenvalue weighted by Gasteiger charge is -2.14. The summed E-state index contributed by atoms with van der Waals surface area (Å²) in [5.41, 5.74) is 0.484. The molecule has 1 unspecified atom stereocenters. The minimum atomic E-state index is -4.56. The molecule has 11 heteroatoms. The molecule has 0 fully saturated rings. The number of amides is 2. The van der Waals surface area contributed by atoms with Crippen molar-refractivity contribution in [3.63, 3.8) is 0 Å². The van der Waals surface area contributed by atoms with Gasteiger partial charge in [0.1, 0.15) is 11.5 Å². The van der Waals surface area contributed by atoms with E-state index in [0.29, 0.717) is 11.3 Å². The number of anilines is 1. The van der Waals surface area contributed by atoms with Crippen molar-refractivity contribution in [3.05, 3.63) is 63.7 Å². The summed E-state index contributed by atoms with van der Waals surface area (Å²) in [6, 6.07) is 1.96. The van der Waals surface area contributed by atoms with Gasteiger partial charge >= 0.3 is 6.18 Å². The van der Waals surface area contributed by atoms with Crippen LogP contribution in [-0.4, -0.2) is 33.5 Å². The van der Waals surface area contributed by atoms with Gasteiger partial charge in [0.15, 0.2) is 0 Å². The van der Waals surface area contributed by atoms with E-state index in [1.54, 1.807) is 26.8 Å². The highest BCUT2D eigenvalue weighted by Crippen LogP contribution is 2.32. The van der Waals surface area contributed by atoms with Crippen molar-refractivity contribution in [2.45, 2.75) is 46.8 Å². The highest BCUT2D eigenvalue weighted by molar-refractivity contribution is 6.34. The van der Waals surface area contributed by atoms with Crippen LogP contribution in [-0.2, 0) is 11.0 Å². The Morgan fingerprint density at radius 1 is 1.18 bits per heavy atom. The first-order valence-corrected chi connectivity index (χ1v) is 10.2. The van der Waals surface area contributed by atoms with Crippen LogP contribution in [0, 0.1) is 13.8 Å². The highest BCUT2D eigenvalue weighted by atomic mass is 35.5. The first-order valence-electron chi connectivity index (χ1n) is 9.79. The zero-order valence-corrected chi connectivity index (χ0v) is 19.4. The van der Waals surface area contributed by atoms with Gasteiger partial charge in [-0.25, -0.2) is 9.97 Å².